The van der Waals surface area contributed by atoms with E-state index >= 15 is 0 Å². The number of hydrogen-bond acceptors (Lipinski definition) is 8. The molecule has 0 saturated carbocycles. The largest absolute Gasteiger partial charge is 0.497 e. The van der Waals surface area contributed by atoms with Gasteiger partial charge in [0.1, 0.15) is 23.0 Å². The van der Waals surface area contributed by atoms with Gasteiger partial charge in [-0.15, -0.1) is 0 Å². The maximum atomic E-state index is 13.4. The van der Waals surface area contributed by atoms with Gasteiger partial charge in [-0.2, -0.15) is 0 Å². The molecule has 0 aliphatic heterocycles. The van der Waals surface area contributed by atoms with Gasteiger partial charge < -0.3 is 18.9 Å². The molecule has 0 aliphatic carbocycles. The summed E-state index contributed by atoms with van der Waals surface area (Å²) < 4.78 is 22.6. The molecule has 324 valence electrons. The van der Waals surface area contributed by atoms with Crippen molar-refractivity contribution in [3.05, 3.63) is 202 Å². The van der Waals surface area contributed by atoms with Crippen molar-refractivity contribution in [1.82, 2.24) is 0 Å². The summed E-state index contributed by atoms with van der Waals surface area (Å²) in [4.78, 5) is 51.3. The fraction of sp³-hybridized carbons (Fsp3) is 0.214. The number of esters is 3. The fourth-order valence-electron chi connectivity index (χ4n) is 8.07. The molecule has 7 aromatic carbocycles. The number of fused-ring (bicyclic) bond motifs is 1. The minimum absolute atomic E-state index is 0.129. The molecule has 0 spiro atoms. The van der Waals surface area contributed by atoms with Crippen LogP contribution < -0.4 is 18.9 Å². The van der Waals surface area contributed by atoms with E-state index in [9.17, 15) is 19.2 Å². The molecule has 64 heavy (non-hydrogen) atoms. The minimum atomic E-state index is -0.544. The molecule has 8 nitrogen and oxygen atoms in total. The van der Waals surface area contributed by atoms with E-state index in [1.165, 1.54) is 18.6 Å². The quantitative estimate of drug-likeness (QED) is 0.0605. The van der Waals surface area contributed by atoms with Crippen LogP contribution in [0.2, 0.25) is 0 Å². The number of Topliss-reactive ketones (excluding diaryl/α,β-unsaturated/α-hetero) is 1. The van der Waals surface area contributed by atoms with Crippen LogP contribution >= 0.6 is 0 Å². The number of rotatable bonds is 14. The average molecular weight is 853 g/mol. The third kappa shape index (κ3) is 9.23. The lowest BCUT2D eigenvalue weighted by atomic mass is 9.68. The first-order chi connectivity index (χ1) is 30.6. The number of carbonyl (C=O) groups excluding carboxylic acids is 4. The summed E-state index contributed by atoms with van der Waals surface area (Å²) in [7, 11) is 1.66. The molecule has 8 heteroatoms. The molecule has 0 fully saturated rings. The van der Waals surface area contributed by atoms with Crippen molar-refractivity contribution in [3.8, 4) is 23.0 Å². The lowest BCUT2D eigenvalue weighted by molar-refractivity contribution is 0.0725. The first kappa shape index (κ1) is 44.7. The van der Waals surface area contributed by atoms with Gasteiger partial charge in [-0.3, -0.25) is 4.79 Å². The van der Waals surface area contributed by atoms with Gasteiger partial charge in [-0.25, -0.2) is 14.4 Å². The van der Waals surface area contributed by atoms with E-state index < -0.39 is 23.3 Å². The van der Waals surface area contributed by atoms with E-state index in [1.54, 1.807) is 86.0 Å². The van der Waals surface area contributed by atoms with Gasteiger partial charge in [0.05, 0.1) is 23.8 Å². The van der Waals surface area contributed by atoms with Crippen LogP contribution in [0.3, 0.4) is 0 Å². The Labute approximate surface area is 374 Å². The van der Waals surface area contributed by atoms with E-state index in [-0.39, 0.29) is 17.1 Å². The fourth-order valence-corrected chi connectivity index (χ4v) is 8.07. The summed E-state index contributed by atoms with van der Waals surface area (Å²) in [5.41, 5.74) is 5.11. The van der Waals surface area contributed by atoms with E-state index in [1.807, 2.05) is 60.7 Å². The summed E-state index contributed by atoms with van der Waals surface area (Å²) in [6.45, 7) is 14.5. The van der Waals surface area contributed by atoms with E-state index in [0.717, 1.165) is 33.2 Å². The van der Waals surface area contributed by atoms with Gasteiger partial charge in [0.25, 0.3) is 0 Å². The zero-order valence-electron chi connectivity index (χ0n) is 37.4. The molecule has 0 amide bonds. The molecule has 0 aliphatic rings. The number of hydrogen-bond donors (Lipinski definition) is 0. The Morgan fingerprint density at radius 2 is 0.719 bits per heavy atom. The van der Waals surface area contributed by atoms with Crippen LogP contribution in [0.15, 0.2) is 158 Å². The van der Waals surface area contributed by atoms with Gasteiger partial charge in [0, 0.05) is 16.4 Å². The first-order valence-corrected chi connectivity index (χ1v) is 21.4. The Balaban J connectivity index is 0.987. The Morgan fingerprint density at radius 1 is 0.406 bits per heavy atom. The monoisotopic (exact) mass is 852 g/mol. The number of benzene rings is 7. The van der Waals surface area contributed by atoms with Crippen molar-refractivity contribution in [3.63, 3.8) is 0 Å². The Kier molecular flexibility index (Phi) is 13.0. The standard InChI is InChI=1S/C56H52O8/c1-35(2)55(6,44-16-24-48(61-8)25-17-44)45-20-28-50(29-21-45)63-53(59)42-14-12-40-34-43(15-13-39(40)33-42)54(60)64-51-30-22-47(23-31-51)56(7,36(3)4)46-18-26-49(27-19-46)62-52(58)41-11-9-10-38(32-41)37(5)57/h9-36H,1-8H3. The van der Waals surface area contributed by atoms with Crippen LogP contribution in [0.4, 0.5) is 0 Å². The third-order valence-electron chi connectivity index (χ3n) is 12.8. The van der Waals surface area contributed by atoms with Gasteiger partial charge in [-0.1, -0.05) is 114 Å². The Bertz CT molecular complexity index is 2820. The van der Waals surface area contributed by atoms with Crippen molar-refractivity contribution in [2.24, 2.45) is 11.8 Å². The van der Waals surface area contributed by atoms with E-state index in [4.69, 9.17) is 18.9 Å². The van der Waals surface area contributed by atoms with Gasteiger partial charge in [0.15, 0.2) is 5.78 Å². The number of carbonyl (C=O) groups is 4. The molecule has 0 aromatic heterocycles. The maximum Gasteiger partial charge on any atom is 0.343 e. The second-order valence-electron chi connectivity index (χ2n) is 17.1. The zero-order valence-corrected chi connectivity index (χ0v) is 37.4. The topological polar surface area (TPSA) is 105 Å². The normalized spacial score (nSPS) is 13.2. The second-order valence-corrected chi connectivity index (χ2v) is 17.1. The molecule has 0 saturated heterocycles. The number of ether oxygens (including phenoxy) is 4. The first-order valence-electron chi connectivity index (χ1n) is 21.4. The van der Waals surface area contributed by atoms with Crippen molar-refractivity contribution in [1.29, 1.82) is 0 Å². The van der Waals surface area contributed by atoms with Crippen LogP contribution in [-0.4, -0.2) is 30.8 Å². The van der Waals surface area contributed by atoms with Crippen LogP contribution in [-0.2, 0) is 10.8 Å². The summed E-state index contributed by atoms with van der Waals surface area (Å²) in [5, 5.41) is 1.55. The summed E-state index contributed by atoms with van der Waals surface area (Å²) in [6.07, 6.45) is 0. The van der Waals surface area contributed by atoms with E-state index in [0.29, 0.717) is 45.4 Å². The van der Waals surface area contributed by atoms with Crippen LogP contribution in [0.25, 0.3) is 10.8 Å². The Morgan fingerprint density at radius 3 is 1.03 bits per heavy atom. The lowest BCUT2D eigenvalue weighted by Gasteiger charge is -2.35. The molecule has 7 aromatic rings. The lowest BCUT2D eigenvalue weighted by Crippen LogP contribution is -2.30. The molecule has 0 bridgehead atoms. The molecule has 0 heterocycles. The summed E-state index contributed by atoms with van der Waals surface area (Å²) in [5.74, 6) is 0.843. The maximum absolute atomic E-state index is 13.4. The molecular formula is C56H52O8. The highest BCUT2D eigenvalue weighted by molar-refractivity contribution is 6.00. The Hall–Kier alpha value is -7.32. The molecule has 0 radical (unpaired) electrons. The molecule has 7 rings (SSSR count). The van der Waals surface area contributed by atoms with Gasteiger partial charge in [-0.05, 0) is 137 Å². The van der Waals surface area contributed by atoms with Crippen molar-refractivity contribution >= 4 is 34.5 Å². The summed E-state index contributed by atoms with van der Waals surface area (Å²) >= 11 is 0. The highest BCUT2D eigenvalue weighted by atomic mass is 16.5. The van der Waals surface area contributed by atoms with E-state index in [2.05, 4.69) is 53.7 Å². The van der Waals surface area contributed by atoms with Crippen molar-refractivity contribution < 1.29 is 38.1 Å². The molecular weight excluding hydrogens is 801 g/mol. The second kappa shape index (κ2) is 18.6. The van der Waals surface area contributed by atoms with Gasteiger partial charge >= 0.3 is 17.9 Å². The predicted octanol–water partition coefficient (Wildman–Crippen LogP) is 12.6. The molecule has 0 N–H and O–H groups in total. The zero-order chi connectivity index (χ0) is 45.8. The molecule has 2 atom stereocenters. The predicted molar refractivity (Wildman–Crippen MR) is 250 cm³/mol. The van der Waals surface area contributed by atoms with Gasteiger partial charge in [0.2, 0.25) is 0 Å². The number of ketones is 1. The van der Waals surface area contributed by atoms with Crippen molar-refractivity contribution in [2.75, 3.05) is 7.11 Å². The molecule has 2 unspecified atom stereocenters. The van der Waals surface area contributed by atoms with Crippen molar-refractivity contribution in [2.45, 2.75) is 59.3 Å². The highest BCUT2D eigenvalue weighted by Gasteiger charge is 2.34. The smallest absolute Gasteiger partial charge is 0.343 e. The highest BCUT2D eigenvalue weighted by Crippen LogP contribution is 2.41. The van der Waals surface area contributed by atoms with Crippen LogP contribution in [0.1, 0.15) is 112 Å². The van der Waals surface area contributed by atoms with Crippen LogP contribution in [0.5, 0.6) is 23.0 Å². The SMILES string of the molecule is COc1ccc(C(C)(c2ccc(OC(=O)c3ccc4cc(C(=O)Oc5ccc(C(C)(c6ccc(OC(=O)c7cccc(C(C)=O)c7)cc6)C(C)C)cc5)ccc4c3)cc2)C(C)C)cc1. The third-order valence-corrected chi connectivity index (χ3v) is 12.8. The minimum Gasteiger partial charge on any atom is -0.497 e. The van der Waals surface area contributed by atoms with Crippen LogP contribution in [0, 0.1) is 11.8 Å². The summed E-state index contributed by atoms with van der Waals surface area (Å²) in [6, 6.07) is 47.6. The average Bonchev–Trinajstić information content (AvgIpc) is 3.31. The number of methoxy groups -OCH3 is 1.